The predicted molar refractivity (Wildman–Crippen MR) is 142 cm³/mol. The summed E-state index contributed by atoms with van der Waals surface area (Å²) in [7, 11) is 0. The quantitative estimate of drug-likeness (QED) is 0.440. The van der Waals surface area contributed by atoms with Crippen LogP contribution in [0.3, 0.4) is 0 Å². The minimum absolute atomic E-state index is 0.0717. The van der Waals surface area contributed by atoms with Crippen molar-refractivity contribution in [1.29, 1.82) is 5.26 Å². The standard InChI is InChI=1S/C31H27F3N4O3/c32-31(33,34)24-17-36-25(29(40)37-14-11-30(19-35,12-15-37)20-6-2-1-3-7-20)16-23(24)28(39)38-13-10-22-21-8-4-5-9-26(21)41-27(22)18-38/h1-9,16-17,22,27H,10-15,18H2. The van der Waals surface area contributed by atoms with Gasteiger partial charge in [-0.15, -0.1) is 0 Å². The maximum Gasteiger partial charge on any atom is 0.418 e. The minimum Gasteiger partial charge on any atom is -0.488 e. The molecule has 0 bridgehead atoms. The lowest BCUT2D eigenvalue weighted by molar-refractivity contribution is -0.138. The van der Waals surface area contributed by atoms with E-state index in [-0.39, 0.29) is 43.9 Å². The first-order valence-corrected chi connectivity index (χ1v) is 13.6. The number of ether oxygens (including phenoxy) is 1. The number of alkyl halides is 3. The zero-order valence-corrected chi connectivity index (χ0v) is 22.1. The molecule has 2 atom stereocenters. The van der Waals surface area contributed by atoms with Crippen molar-refractivity contribution in [3.63, 3.8) is 0 Å². The van der Waals surface area contributed by atoms with Crippen LogP contribution >= 0.6 is 0 Å². The van der Waals surface area contributed by atoms with E-state index in [1.165, 1.54) is 9.80 Å². The van der Waals surface area contributed by atoms with Crippen LogP contribution in [0.5, 0.6) is 5.75 Å². The molecule has 10 heteroatoms. The van der Waals surface area contributed by atoms with E-state index in [1.54, 1.807) is 0 Å². The highest BCUT2D eigenvalue weighted by Crippen LogP contribution is 2.43. The van der Waals surface area contributed by atoms with Crippen molar-refractivity contribution in [2.24, 2.45) is 0 Å². The molecule has 210 valence electrons. The molecular formula is C31H27F3N4O3. The summed E-state index contributed by atoms with van der Waals surface area (Å²) < 4.78 is 48.0. The molecule has 3 aliphatic rings. The normalized spacial score (nSPS) is 21.3. The largest absolute Gasteiger partial charge is 0.488 e. The van der Waals surface area contributed by atoms with Gasteiger partial charge in [-0.25, -0.2) is 0 Å². The molecular weight excluding hydrogens is 533 g/mol. The maximum absolute atomic E-state index is 14.0. The number of likely N-dealkylation sites (tertiary alicyclic amines) is 2. The van der Waals surface area contributed by atoms with Crippen LogP contribution in [0.1, 0.15) is 62.7 Å². The minimum atomic E-state index is -4.83. The van der Waals surface area contributed by atoms with Crippen LogP contribution in [0, 0.1) is 11.3 Å². The second kappa shape index (κ2) is 10.2. The third-order valence-corrected chi connectivity index (χ3v) is 8.55. The van der Waals surface area contributed by atoms with Crippen molar-refractivity contribution < 1.29 is 27.5 Å². The lowest BCUT2D eigenvalue weighted by Gasteiger charge is -2.37. The number of hydrogen-bond acceptors (Lipinski definition) is 5. The summed E-state index contributed by atoms with van der Waals surface area (Å²) in [5, 5.41) is 9.95. The number of aromatic nitrogens is 1. The Morgan fingerprint density at radius 2 is 1.68 bits per heavy atom. The van der Waals surface area contributed by atoms with Gasteiger partial charge in [0, 0.05) is 37.3 Å². The molecule has 0 radical (unpaired) electrons. The Kier molecular flexibility index (Phi) is 6.68. The molecule has 0 spiro atoms. The van der Waals surface area contributed by atoms with Gasteiger partial charge in [-0.05, 0) is 37.0 Å². The van der Waals surface area contributed by atoms with E-state index >= 15 is 0 Å². The molecule has 6 rings (SSSR count). The molecule has 2 aromatic carbocycles. The van der Waals surface area contributed by atoms with Crippen LogP contribution in [0.15, 0.2) is 66.9 Å². The third kappa shape index (κ3) is 4.79. The number of amides is 2. The third-order valence-electron chi connectivity index (χ3n) is 8.55. The van der Waals surface area contributed by atoms with Crippen LogP contribution in [-0.2, 0) is 11.6 Å². The van der Waals surface area contributed by atoms with Gasteiger partial charge in [0.05, 0.1) is 29.2 Å². The first-order valence-electron chi connectivity index (χ1n) is 13.6. The molecule has 3 aliphatic heterocycles. The first kappa shape index (κ1) is 26.8. The van der Waals surface area contributed by atoms with Gasteiger partial charge in [0.2, 0.25) is 0 Å². The number of nitrogens with zero attached hydrogens (tertiary/aromatic N) is 4. The van der Waals surface area contributed by atoms with E-state index < -0.39 is 34.5 Å². The second-order valence-corrected chi connectivity index (χ2v) is 10.8. The summed E-state index contributed by atoms with van der Waals surface area (Å²) in [5.41, 5.74) is -0.842. The number of hydrogen-bond donors (Lipinski definition) is 0. The summed E-state index contributed by atoms with van der Waals surface area (Å²) in [6, 6.07) is 20.3. The van der Waals surface area contributed by atoms with Gasteiger partial charge in [-0.2, -0.15) is 18.4 Å². The molecule has 41 heavy (non-hydrogen) atoms. The lowest BCUT2D eigenvalue weighted by atomic mass is 9.74. The topological polar surface area (TPSA) is 86.5 Å². The van der Waals surface area contributed by atoms with Gasteiger partial charge < -0.3 is 14.5 Å². The van der Waals surface area contributed by atoms with Crippen molar-refractivity contribution in [2.45, 2.75) is 42.9 Å². The van der Waals surface area contributed by atoms with Crippen molar-refractivity contribution in [2.75, 3.05) is 26.2 Å². The van der Waals surface area contributed by atoms with E-state index in [4.69, 9.17) is 4.74 Å². The zero-order valence-electron chi connectivity index (χ0n) is 22.1. The molecule has 4 heterocycles. The van der Waals surface area contributed by atoms with Gasteiger partial charge in [0.15, 0.2) is 0 Å². The number of halogens is 3. The maximum atomic E-state index is 14.0. The molecule has 3 aromatic rings. The fourth-order valence-electron chi connectivity index (χ4n) is 6.25. The number of carbonyl (C=O) groups excluding carboxylic acids is 2. The number of carbonyl (C=O) groups is 2. The van der Waals surface area contributed by atoms with Gasteiger partial charge in [0.25, 0.3) is 11.8 Å². The van der Waals surface area contributed by atoms with Gasteiger partial charge in [0.1, 0.15) is 17.5 Å². The van der Waals surface area contributed by atoms with Gasteiger partial charge in [-0.3, -0.25) is 14.6 Å². The Bertz CT molecular complexity index is 1530. The van der Waals surface area contributed by atoms with Crippen molar-refractivity contribution in [3.8, 4) is 11.8 Å². The highest BCUT2D eigenvalue weighted by Gasteiger charge is 2.43. The predicted octanol–water partition coefficient (Wildman–Crippen LogP) is 5.19. The zero-order chi connectivity index (χ0) is 28.8. The van der Waals surface area contributed by atoms with Crippen molar-refractivity contribution >= 4 is 11.8 Å². The number of pyridine rings is 1. The molecule has 2 unspecified atom stereocenters. The Labute approximate surface area is 235 Å². The average molecular weight is 561 g/mol. The van der Waals surface area contributed by atoms with Crippen molar-refractivity contribution in [1.82, 2.24) is 14.8 Å². The summed E-state index contributed by atoms with van der Waals surface area (Å²) in [6.07, 6.45) is -3.29. The fraction of sp³-hybridized carbons (Fsp3) is 0.355. The smallest absolute Gasteiger partial charge is 0.418 e. The van der Waals surface area contributed by atoms with E-state index in [2.05, 4.69) is 11.1 Å². The summed E-state index contributed by atoms with van der Waals surface area (Å²) >= 11 is 0. The molecule has 1 aromatic heterocycles. The Balaban J connectivity index is 1.22. The number of para-hydroxylation sites is 1. The summed E-state index contributed by atoms with van der Waals surface area (Å²) in [4.78, 5) is 33.6. The number of benzene rings is 2. The van der Waals surface area contributed by atoms with E-state index in [9.17, 15) is 28.0 Å². The Morgan fingerprint density at radius 1 is 0.976 bits per heavy atom. The van der Waals surface area contributed by atoms with E-state index in [0.29, 0.717) is 25.5 Å². The Morgan fingerprint density at radius 3 is 2.39 bits per heavy atom. The number of piperidine rings is 2. The van der Waals surface area contributed by atoms with Crippen LogP contribution in [-0.4, -0.2) is 58.9 Å². The molecule has 2 amide bonds. The van der Waals surface area contributed by atoms with Crippen molar-refractivity contribution in [3.05, 3.63) is 94.8 Å². The van der Waals surface area contributed by atoms with Gasteiger partial charge in [-0.1, -0.05) is 48.5 Å². The highest BCUT2D eigenvalue weighted by atomic mass is 19.4. The first-order chi connectivity index (χ1) is 19.7. The van der Waals surface area contributed by atoms with Crippen LogP contribution in [0.4, 0.5) is 13.2 Å². The van der Waals surface area contributed by atoms with Crippen LogP contribution in [0.2, 0.25) is 0 Å². The van der Waals surface area contributed by atoms with E-state index in [1.807, 2.05) is 54.6 Å². The highest BCUT2D eigenvalue weighted by molar-refractivity contribution is 6.00. The molecule has 7 nitrogen and oxygen atoms in total. The average Bonchev–Trinajstić information content (AvgIpc) is 3.38. The number of fused-ring (bicyclic) bond motifs is 3. The monoisotopic (exact) mass is 560 g/mol. The SMILES string of the molecule is N#CC1(c2ccccc2)CCN(C(=O)c2cc(C(=O)N3CCC4c5ccccc5OC4C3)c(C(F)(F)F)cn2)CC1. The summed E-state index contributed by atoms with van der Waals surface area (Å²) in [5.74, 6) is -0.570. The van der Waals surface area contributed by atoms with E-state index in [0.717, 1.165) is 22.9 Å². The van der Waals surface area contributed by atoms with Gasteiger partial charge >= 0.3 is 6.18 Å². The number of rotatable bonds is 3. The van der Waals surface area contributed by atoms with Crippen LogP contribution in [0.25, 0.3) is 0 Å². The second-order valence-electron chi connectivity index (χ2n) is 10.8. The summed E-state index contributed by atoms with van der Waals surface area (Å²) in [6.45, 7) is 0.881. The number of nitriles is 1. The van der Waals surface area contributed by atoms with Crippen LogP contribution < -0.4 is 4.74 Å². The molecule has 0 saturated carbocycles. The Hall–Kier alpha value is -4.39. The molecule has 2 fully saturated rings. The molecule has 2 saturated heterocycles. The molecule has 0 N–H and O–H groups in total. The molecule has 0 aliphatic carbocycles. The fourth-order valence-corrected chi connectivity index (χ4v) is 6.25. The lowest BCUT2D eigenvalue weighted by Crippen LogP contribution is -2.46.